The van der Waals surface area contributed by atoms with Gasteiger partial charge in [-0.05, 0) is 46.5 Å². The Hall–Kier alpha value is -4.04. The Morgan fingerprint density at radius 1 is 0.438 bits per heavy atom. The number of hydrogen-bond donors (Lipinski definition) is 0. The van der Waals surface area contributed by atoms with E-state index in [0.717, 1.165) is 16.7 Å². The lowest BCUT2D eigenvalue weighted by atomic mass is 9.94. The summed E-state index contributed by atoms with van der Waals surface area (Å²) in [6, 6.07) is 42.7. The van der Waals surface area contributed by atoms with E-state index in [2.05, 4.69) is 114 Å². The smallest absolute Gasteiger partial charge is 0.113 e. The van der Waals surface area contributed by atoms with Gasteiger partial charge in [0.2, 0.25) is 0 Å². The lowest BCUT2D eigenvalue weighted by Crippen LogP contribution is -2.00. The molecule has 1 nitrogen and oxygen atoms in total. The third kappa shape index (κ3) is 3.12. The Morgan fingerprint density at radius 3 is 1.88 bits per heavy atom. The summed E-state index contributed by atoms with van der Waals surface area (Å²) in [4.78, 5) is 0. The summed E-state index contributed by atoms with van der Waals surface area (Å²) in [5, 5.41) is 2.39. The molecule has 0 saturated heterocycles. The minimum Gasteiger partial charge on any atom is -0.309 e. The quantitative estimate of drug-likeness (QED) is 0.282. The van der Waals surface area contributed by atoms with E-state index in [-0.39, 0.29) is 0 Å². The van der Waals surface area contributed by atoms with Crippen molar-refractivity contribution in [2.45, 2.75) is 0 Å². The number of rotatable bonds is 3. The van der Waals surface area contributed by atoms with Gasteiger partial charge < -0.3 is 4.57 Å². The maximum Gasteiger partial charge on any atom is 0.113 e. The van der Waals surface area contributed by atoms with Crippen LogP contribution in [-0.2, 0) is 0 Å². The molecular weight excluding hydrogens is 385 g/mol. The van der Waals surface area contributed by atoms with Crippen LogP contribution >= 0.6 is 0 Å². The molecule has 1 heterocycles. The maximum absolute atomic E-state index is 6.11. The molecule has 32 heavy (non-hydrogen) atoms. The fraction of sp³-hybridized carbons (Fsp3) is 0. The van der Waals surface area contributed by atoms with Crippen LogP contribution in [0.25, 0.3) is 49.7 Å². The van der Waals surface area contributed by atoms with Crippen molar-refractivity contribution in [1.82, 2.24) is 4.57 Å². The SMILES string of the molecule is [B]c1ccc2c(c1)c1ccccc1n2-c1cccc(-c2ccc(-c3ccccc3)cc2)c1. The van der Waals surface area contributed by atoms with E-state index in [4.69, 9.17) is 7.85 Å². The van der Waals surface area contributed by atoms with E-state index >= 15 is 0 Å². The van der Waals surface area contributed by atoms with E-state index in [1.807, 2.05) is 12.1 Å². The average Bonchev–Trinajstić information content (AvgIpc) is 3.18. The topological polar surface area (TPSA) is 4.93 Å². The molecule has 0 fully saturated rings. The Kier molecular flexibility index (Phi) is 4.43. The first kappa shape index (κ1) is 18.7. The van der Waals surface area contributed by atoms with Crippen LogP contribution in [-0.4, -0.2) is 12.4 Å². The summed E-state index contributed by atoms with van der Waals surface area (Å²) in [5.41, 5.74) is 9.14. The van der Waals surface area contributed by atoms with E-state index in [1.54, 1.807) is 0 Å². The third-order valence-corrected chi connectivity index (χ3v) is 6.13. The van der Waals surface area contributed by atoms with Crippen LogP contribution in [0.3, 0.4) is 0 Å². The van der Waals surface area contributed by atoms with Gasteiger partial charge in [0.1, 0.15) is 7.85 Å². The fourth-order valence-corrected chi connectivity index (χ4v) is 4.58. The molecule has 2 heteroatoms. The van der Waals surface area contributed by atoms with Crippen molar-refractivity contribution >= 4 is 35.1 Å². The molecule has 148 valence electrons. The normalized spacial score (nSPS) is 11.2. The Bertz CT molecular complexity index is 1560. The van der Waals surface area contributed by atoms with Gasteiger partial charge in [-0.15, -0.1) is 0 Å². The molecule has 0 N–H and O–H groups in total. The van der Waals surface area contributed by atoms with Crippen molar-refractivity contribution in [3.8, 4) is 27.9 Å². The second kappa shape index (κ2) is 7.58. The van der Waals surface area contributed by atoms with E-state index in [0.29, 0.717) is 0 Å². The first-order valence-electron chi connectivity index (χ1n) is 10.8. The minimum absolute atomic E-state index is 0.785. The number of benzene rings is 5. The van der Waals surface area contributed by atoms with Crippen molar-refractivity contribution in [3.05, 3.63) is 121 Å². The number of nitrogens with zero attached hydrogens (tertiary/aromatic N) is 1. The highest BCUT2D eigenvalue weighted by atomic mass is 15.0. The molecule has 0 saturated carbocycles. The predicted octanol–water partition coefficient (Wildman–Crippen LogP) is 6.91. The Morgan fingerprint density at radius 2 is 1.06 bits per heavy atom. The van der Waals surface area contributed by atoms with Gasteiger partial charge >= 0.3 is 0 Å². The summed E-state index contributed by atoms with van der Waals surface area (Å²) < 4.78 is 2.33. The molecular formula is C30H20BN. The summed E-state index contributed by atoms with van der Waals surface area (Å²) in [6.07, 6.45) is 0. The van der Waals surface area contributed by atoms with Crippen LogP contribution in [0.4, 0.5) is 0 Å². The molecule has 0 spiro atoms. The van der Waals surface area contributed by atoms with E-state index < -0.39 is 0 Å². The highest BCUT2D eigenvalue weighted by Crippen LogP contribution is 2.33. The van der Waals surface area contributed by atoms with E-state index in [9.17, 15) is 0 Å². The molecule has 6 aromatic rings. The third-order valence-electron chi connectivity index (χ3n) is 6.13. The average molecular weight is 405 g/mol. The van der Waals surface area contributed by atoms with Gasteiger partial charge in [0.25, 0.3) is 0 Å². The van der Waals surface area contributed by atoms with Gasteiger partial charge in [0, 0.05) is 16.5 Å². The van der Waals surface area contributed by atoms with Gasteiger partial charge in [0.05, 0.1) is 11.0 Å². The van der Waals surface area contributed by atoms with Gasteiger partial charge in [-0.1, -0.05) is 103 Å². The van der Waals surface area contributed by atoms with Crippen molar-refractivity contribution < 1.29 is 0 Å². The van der Waals surface area contributed by atoms with Crippen LogP contribution in [0.15, 0.2) is 121 Å². The van der Waals surface area contributed by atoms with Crippen molar-refractivity contribution in [1.29, 1.82) is 0 Å². The zero-order chi connectivity index (χ0) is 21.5. The van der Waals surface area contributed by atoms with E-state index in [1.165, 1.54) is 38.5 Å². The molecule has 6 rings (SSSR count). The van der Waals surface area contributed by atoms with Gasteiger partial charge in [-0.2, -0.15) is 0 Å². The predicted molar refractivity (Wildman–Crippen MR) is 137 cm³/mol. The van der Waals surface area contributed by atoms with Crippen LogP contribution in [0.5, 0.6) is 0 Å². The standard InChI is InChI=1S/C30H20BN/c31-25-17-18-30-28(20-25)27-11-4-5-12-29(27)32(30)26-10-6-9-24(19-26)23-15-13-22(14-16-23)21-7-2-1-3-8-21/h1-20H. The van der Waals surface area contributed by atoms with Crippen LogP contribution in [0, 0.1) is 0 Å². The molecule has 0 unspecified atom stereocenters. The van der Waals surface area contributed by atoms with Crippen molar-refractivity contribution in [2.24, 2.45) is 0 Å². The van der Waals surface area contributed by atoms with Crippen LogP contribution in [0.1, 0.15) is 0 Å². The Balaban J connectivity index is 1.48. The minimum atomic E-state index is 0.785. The lowest BCUT2D eigenvalue weighted by Gasteiger charge is -2.11. The summed E-state index contributed by atoms with van der Waals surface area (Å²) in [7, 11) is 6.11. The molecule has 0 bridgehead atoms. The summed E-state index contributed by atoms with van der Waals surface area (Å²) >= 11 is 0. The van der Waals surface area contributed by atoms with Gasteiger partial charge in [0.15, 0.2) is 0 Å². The van der Waals surface area contributed by atoms with Crippen LogP contribution < -0.4 is 5.46 Å². The monoisotopic (exact) mass is 405 g/mol. The molecule has 0 aliphatic carbocycles. The largest absolute Gasteiger partial charge is 0.309 e. The summed E-state index contributed by atoms with van der Waals surface area (Å²) in [6.45, 7) is 0. The first-order valence-corrected chi connectivity index (χ1v) is 10.8. The molecule has 1 aromatic heterocycles. The fourth-order valence-electron chi connectivity index (χ4n) is 4.58. The first-order chi connectivity index (χ1) is 15.8. The molecule has 0 aliphatic rings. The molecule has 5 aromatic carbocycles. The zero-order valence-corrected chi connectivity index (χ0v) is 17.6. The number of fused-ring (bicyclic) bond motifs is 3. The second-order valence-corrected chi connectivity index (χ2v) is 8.12. The molecule has 0 amide bonds. The second-order valence-electron chi connectivity index (χ2n) is 8.12. The van der Waals surface area contributed by atoms with Gasteiger partial charge in [-0.3, -0.25) is 0 Å². The number of para-hydroxylation sites is 1. The van der Waals surface area contributed by atoms with Gasteiger partial charge in [-0.25, -0.2) is 0 Å². The maximum atomic E-state index is 6.11. The molecule has 2 radical (unpaired) electrons. The molecule has 0 aliphatic heterocycles. The lowest BCUT2D eigenvalue weighted by molar-refractivity contribution is 1.18. The highest BCUT2D eigenvalue weighted by molar-refractivity contribution is 6.33. The highest BCUT2D eigenvalue weighted by Gasteiger charge is 2.12. The number of hydrogen-bond acceptors (Lipinski definition) is 0. The molecule has 0 atom stereocenters. The number of aromatic nitrogens is 1. The zero-order valence-electron chi connectivity index (χ0n) is 17.6. The van der Waals surface area contributed by atoms with Crippen molar-refractivity contribution in [2.75, 3.05) is 0 Å². The van der Waals surface area contributed by atoms with Crippen molar-refractivity contribution in [3.63, 3.8) is 0 Å². The van der Waals surface area contributed by atoms with Crippen LogP contribution in [0.2, 0.25) is 0 Å². The summed E-state index contributed by atoms with van der Waals surface area (Å²) in [5.74, 6) is 0. The Labute approximate surface area is 189 Å².